The number of hydrogen-bond acceptors (Lipinski definition) is 6. The van der Waals surface area contributed by atoms with Gasteiger partial charge in [-0.2, -0.15) is 61.7 Å². The molecule has 0 heterocycles. The molecule has 0 saturated carbocycles. The fraction of sp³-hybridized carbons (Fsp3) is 0.444. The van der Waals surface area contributed by atoms with Gasteiger partial charge in [-0.15, -0.1) is 0 Å². The van der Waals surface area contributed by atoms with Crippen LogP contribution in [0.5, 0.6) is 0 Å². The quantitative estimate of drug-likeness (QED) is 0.214. The van der Waals surface area contributed by atoms with Crippen LogP contribution < -0.4 is 0 Å². The minimum atomic E-state index is -6.09. The van der Waals surface area contributed by atoms with E-state index in [0.717, 1.165) is 0 Å². The molecule has 0 N–H and O–H groups in total. The van der Waals surface area contributed by atoms with Crippen LogP contribution in [0.2, 0.25) is 0 Å². The monoisotopic (exact) mass is 602 g/mol. The van der Waals surface area contributed by atoms with Crippen molar-refractivity contribution in [3.8, 4) is 0 Å². The summed E-state index contributed by atoms with van der Waals surface area (Å²) in [7, 11) is -12.2. The summed E-state index contributed by atoms with van der Waals surface area (Å²) in [5, 5.41) is 0. The normalized spacial score (nSPS) is 11.5. The zero-order valence-corrected chi connectivity index (χ0v) is 21.6. The number of alkyl halides is 6. The van der Waals surface area contributed by atoms with E-state index in [1.54, 1.807) is 0 Å². The molecule has 0 radical (unpaired) electrons. The van der Waals surface area contributed by atoms with Gasteiger partial charge in [0.1, 0.15) is 0 Å². The number of halogens is 6. The van der Waals surface area contributed by atoms with Crippen LogP contribution in [0.15, 0.2) is 48.5 Å². The zero-order chi connectivity index (χ0) is 25.6. The van der Waals surface area contributed by atoms with E-state index < -0.39 is 31.3 Å². The summed E-state index contributed by atoms with van der Waals surface area (Å²) in [5.41, 5.74) is -8.36. The maximum absolute atomic E-state index is 10.7. The largest absolute Gasteiger partial charge is 4.00 e. The Balaban J connectivity index is -0.000000360. The maximum atomic E-state index is 10.7. The van der Waals surface area contributed by atoms with E-state index in [4.69, 9.17) is 25.9 Å². The Morgan fingerprint density at radius 1 is 0.636 bits per heavy atom. The van der Waals surface area contributed by atoms with Gasteiger partial charge in [-0.1, -0.05) is 39.5 Å². The van der Waals surface area contributed by atoms with Crippen molar-refractivity contribution >= 4 is 20.2 Å². The molecule has 2 aromatic rings. The Bertz CT molecular complexity index is 842. The van der Waals surface area contributed by atoms with Gasteiger partial charge in [-0.25, -0.2) is 41.1 Å². The molecule has 33 heavy (non-hydrogen) atoms. The van der Waals surface area contributed by atoms with Gasteiger partial charge in [0.15, 0.2) is 20.2 Å². The molecular formula is C18H22F6O6S2Zr. The predicted octanol–water partition coefficient (Wildman–Crippen LogP) is 4.82. The first-order valence-corrected chi connectivity index (χ1v) is 11.6. The molecule has 0 aliphatic rings. The molecule has 0 fully saturated rings. The Morgan fingerprint density at radius 3 is 0.939 bits per heavy atom. The molecule has 0 aromatic heterocycles. The van der Waals surface area contributed by atoms with Crippen molar-refractivity contribution in [3.05, 3.63) is 59.7 Å². The average molecular weight is 604 g/mol. The summed E-state index contributed by atoms with van der Waals surface area (Å²) in [5.74, 6) is 0. The van der Waals surface area contributed by atoms with Crippen molar-refractivity contribution < 1.29 is 78.5 Å². The molecule has 0 aliphatic heterocycles. The smallest absolute Gasteiger partial charge is 0.741 e. The fourth-order valence-electron chi connectivity index (χ4n) is 1.74. The van der Waals surface area contributed by atoms with Crippen LogP contribution in [0, 0.1) is 0 Å². The van der Waals surface area contributed by atoms with Gasteiger partial charge in [0.2, 0.25) is 0 Å². The van der Waals surface area contributed by atoms with E-state index in [9.17, 15) is 26.3 Å². The van der Waals surface area contributed by atoms with Crippen LogP contribution >= 0.6 is 0 Å². The molecule has 0 atom stereocenters. The Morgan fingerprint density at radius 2 is 0.818 bits per heavy atom. The van der Waals surface area contributed by atoms with E-state index in [2.05, 4.69) is 62.4 Å². The van der Waals surface area contributed by atoms with Crippen LogP contribution in [-0.2, 0) is 59.3 Å². The van der Waals surface area contributed by atoms with E-state index in [1.165, 1.54) is 36.8 Å². The molecule has 0 unspecified atom stereocenters. The summed E-state index contributed by atoms with van der Waals surface area (Å²) >= 11 is 0. The first-order valence-electron chi connectivity index (χ1n) is 8.82. The molecule has 2 aromatic carbocycles. The van der Waals surface area contributed by atoms with Crippen LogP contribution in [0.3, 0.4) is 0 Å². The first-order chi connectivity index (χ1) is 14.4. The minimum Gasteiger partial charge on any atom is -0.741 e. The first kappa shape index (κ1) is 36.5. The summed E-state index contributed by atoms with van der Waals surface area (Å²) in [6.45, 7) is 4.40. The predicted molar refractivity (Wildman–Crippen MR) is 104 cm³/mol. The zero-order valence-electron chi connectivity index (χ0n) is 17.5. The Kier molecular flexibility index (Phi) is 18.4. The van der Waals surface area contributed by atoms with Gasteiger partial charge in [-0.05, 0) is 0 Å². The second kappa shape index (κ2) is 16.6. The van der Waals surface area contributed by atoms with Crippen LogP contribution in [0.25, 0.3) is 0 Å². The van der Waals surface area contributed by atoms with Crippen LogP contribution in [-0.4, -0.2) is 37.0 Å². The molecule has 0 spiro atoms. The SMILES string of the molecule is CCC[c-]1cccc1.CCC[c-]1cccc1.O=S(=O)([O-])C(F)(F)F.O=S(=O)([O-])C(F)(F)F.[Zr+4]. The van der Waals surface area contributed by atoms with Gasteiger partial charge in [0.25, 0.3) is 0 Å². The van der Waals surface area contributed by atoms with E-state index in [0.29, 0.717) is 0 Å². The third-order valence-electron chi connectivity index (χ3n) is 3.11. The van der Waals surface area contributed by atoms with Gasteiger partial charge in [0, 0.05) is 0 Å². The second-order valence-electron chi connectivity index (χ2n) is 5.89. The van der Waals surface area contributed by atoms with Crippen molar-refractivity contribution in [1.82, 2.24) is 0 Å². The summed E-state index contributed by atoms with van der Waals surface area (Å²) in [6.07, 6.45) is 4.97. The molecule has 0 bridgehead atoms. The van der Waals surface area contributed by atoms with Crippen molar-refractivity contribution in [2.75, 3.05) is 0 Å². The van der Waals surface area contributed by atoms with E-state index in [-0.39, 0.29) is 26.2 Å². The third-order valence-corrected chi connectivity index (χ3v) is 4.24. The molecular weight excluding hydrogens is 582 g/mol. The standard InChI is InChI=1S/2C8H11.2CHF3O3S.Zr/c2*1-2-5-8-6-3-4-7-8;2*2-1(3,4)8(5,6)7;/h2*3-4,6-7H,2,5H2,1H3;2*(H,5,6,7);/q2*-1;;;+4/p-2. The van der Waals surface area contributed by atoms with Crippen molar-refractivity contribution in [2.45, 2.75) is 50.5 Å². The van der Waals surface area contributed by atoms with Crippen molar-refractivity contribution in [2.24, 2.45) is 0 Å². The topological polar surface area (TPSA) is 114 Å². The Hall–Kier alpha value is -1.02. The molecule has 188 valence electrons. The molecule has 0 amide bonds. The molecule has 0 saturated heterocycles. The molecule has 6 nitrogen and oxygen atoms in total. The molecule has 15 heteroatoms. The fourth-order valence-corrected chi connectivity index (χ4v) is 1.74. The van der Waals surface area contributed by atoms with Gasteiger partial charge >= 0.3 is 37.2 Å². The van der Waals surface area contributed by atoms with Gasteiger partial charge < -0.3 is 9.11 Å². The number of aryl methyl sites for hydroxylation is 2. The van der Waals surface area contributed by atoms with Gasteiger partial charge in [-0.3, -0.25) is 0 Å². The molecule has 0 aliphatic carbocycles. The van der Waals surface area contributed by atoms with Crippen LogP contribution in [0.4, 0.5) is 26.3 Å². The summed E-state index contributed by atoms with van der Waals surface area (Å²) < 4.78 is 118. The summed E-state index contributed by atoms with van der Waals surface area (Å²) in [6, 6.07) is 17.0. The number of rotatable bonds is 4. The van der Waals surface area contributed by atoms with E-state index >= 15 is 0 Å². The third kappa shape index (κ3) is 19.0. The Labute approximate surface area is 208 Å². The van der Waals surface area contributed by atoms with Gasteiger partial charge in [0.05, 0.1) is 0 Å². The second-order valence-corrected chi connectivity index (χ2v) is 8.63. The maximum Gasteiger partial charge on any atom is 4.00 e. The van der Waals surface area contributed by atoms with E-state index in [1.807, 2.05) is 0 Å². The number of hydrogen-bond donors (Lipinski definition) is 0. The minimum absolute atomic E-state index is 0. The molecule has 2 rings (SSSR count). The average Bonchev–Trinajstić information content (AvgIpc) is 3.27. The van der Waals surface area contributed by atoms with Crippen molar-refractivity contribution in [1.29, 1.82) is 0 Å². The van der Waals surface area contributed by atoms with Crippen LogP contribution in [0.1, 0.15) is 37.8 Å². The summed E-state index contributed by atoms with van der Waals surface area (Å²) in [4.78, 5) is 0. The van der Waals surface area contributed by atoms with Crippen molar-refractivity contribution in [3.63, 3.8) is 0 Å².